The highest BCUT2D eigenvalue weighted by atomic mass is 35.5. The largest absolute Gasteiger partial charge is 0.457 e. The van der Waals surface area contributed by atoms with Crippen LogP contribution in [0.2, 0.25) is 5.02 Å². The maximum Gasteiger partial charge on any atom is 0.349 e. The summed E-state index contributed by atoms with van der Waals surface area (Å²) in [5.41, 5.74) is 2.17. The zero-order chi connectivity index (χ0) is 20.4. The average Bonchev–Trinajstić information content (AvgIpc) is 3.04. The van der Waals surface area contributed by atoms with Crippen molar-refractivity contribution in [2.24, 2.45) is 0 Å². The van der Waals surface area contributed by atoms with Crippen LogP contribution in [0.4, 0.5) is 0 Å². The van der Waals surface area contributed by atoms with Crippen molar-refractivity contribution in [1.82, 2.24) is 9.97 Å². The Labute approximate surface area is 176 Å². The topological polar surface area (TPSA) is 72.0 Å². The van der Waals surface area contributed by atoms with Gasteiger partial charge in [0.25, 0.3) is 5.56 Å². The first kappa shape index (κ1) is 19.4. The number of benzene rings is 2. The molecular formula is C22H17ClN2O3S. The highest BCUT2D eigenvalue weighted by Crippen LogP contribution is 2.28. The van der Waals surface area contributed by atoms with Gasteiger partial charge >= 0.3 is 5.97 Å². The number of esters is 1. The molecule has 4 rings (SSSR count). The molecule has 2 aromatic heterocycles. The van der Waals surface area contributed by atoms with Crippen molar-refractivity contribution in [2.45, 2.75) is 20.0 Å². The Kier molecular flexibility index (Phi) is 5.47. The lowest BCUT2D eigenvalue weighted by molar-refractivity contribution is 0.0478. The zero-order valence-corrected chi connectivity index (χ0v) is 17.1. The molecule has 1 N–H and O–H groups in total. The first-order valence-corrected chi connectivity index (χ1v) is 10.2. The summed E-state index contributed by atoms with van der Waals surface area (Å²) in [6.07, 6.45) is 0.441. The fourth-order valence-electron chi connectivity index (χ4n) is 3.10. The smallest absolute Gasteiger partial charge is 0.349 e. The molecule has 0 unspecified atom stereocenters. The van der Waals surface area contributed by atoms with E-state index in [1.807, 2.05) is 48.5 Å². The van der Waals surface area contributed by atoms with Crippen LogP contribution in [0.25, 0.3) is 10.2 Å². The number of ether oxygens (including phenoxy) is 1. The van der Waals surface area contributed by atoms with E-state index in [2.05, 4.69) is 9.97 Å². The van der Waals surface area contributed by atoms with Crippen LogP contribution in [0, 0.1) is 6.92 Å². The molecule has 0 aliphatic heterocycles. The van der Waals surface area contributed by atoms with Crippen molar-refractivity contribution in [3.8, 4) is 0 Å². The van der Waals surface area contributed by atoms with Crippen molar-refractivity contribution in [2.75, 3.05) is 0 Å². The number of nitrogens with one attached hydrogen (secondary N) is 1. The fraction of sp³-hybridized carbons (Fsp3) is 0.136. The van der Waals surface area contributed by atoms with Crippen molar-refractivity contribution in [3.05, 3.63) is 97.4 Å². The Morgan fingerprint density at radius 3 is 2.66 bits per heavy atom. The highest BCUT2D eigenvalue weighted by molar-refractivity contribution is 7.20. The minimum Gasteiger partial charge on any atom is -0.457 e. The molecule has 7 heteroatoms. The van der Waals surface area contributed by atoms with E-state index in [1.54, 1.807) is 13.0 Å². The van der Waals surface area contributed by atoms with Gasteiger partial charge in [0.15, 0.2) is 0 Å². The minimum atomic E-state index is -0.454. The number of H-pyrrole nitrogens is 1. The van der Waals surface area contributed by atoms with Gasteiger partial charge in [0, 0.05) is 11.4 Å². The molecule has 0 amide bonds. The Morgan fingerprint density at radius 1 is 1.14 bits per heavy atom. The summed E-state index contributed by atoms with van der Waals surface area (Å²) in [5.74, 6) is 0.0698. The Morgan fingerprint density at radius 2 is 1.90 bits per heavy atom. The average molecular weight is 425 g/mol. The Bertz CT molecular complexity index is 1250. The van der Waals surface area contributed by atoms with Gasteiger partial charge in [0.1, 0.15) is 22.1 Å². The van der Waals surface area contributed by atoms with Gasteiger partial charge in [-0.05, 0) is 35.7 Å². The predicted molar refractivity (Wildman–Crippen MR) is 115 cm³/mol. The molecule has 2 aromatic carbocycles. The Balaban J connectivity index is 1.61. The number of nitrogens with zero attached hydrogens (tertiary/aromatic N) is 1. The SMILES string of the molecule is Cc1c(C(=O)OCc2ccccc2)sc2nc(Cc3cccc(Cl)c3)[nH]c(=O)c12. The number of carbonyl (C=O) groups is 1. The summed E-state index contributed by atoms with van der Waals surface area (Å²) in [5, 5.41) is 1.05. The first-order valence-electron chi connectivity index (χ1n) is 8.99. The molecule has 29 heavy (non-hydrogen) atoms. The quantitative estimate of drug-likeness (QED) is 0.463. The van der Waals surface area contributed by atoms with Crippen molar-refractivity contribution < 1.29 is 9.53 Å². The number of thiophene rings is 1. The van der Waals surface area contributed by atoms with Crippen LogP contribution in [0.15, 0.2) is 59.4 Å². The molecule has 0 saturated carbocycles. The van der Waals surface area contributed by atoms with Crippen LogP contribution in [-0.2, 0) is 17.8 Å². The van der Waals surface area contributed by atoms with Crippen molar-refractivity contribution in [3.63, 3.8) is 0 Å². The first-order chi connectivity index (χ1) is 14.0. The molecule has 0 aliphatic carbocycles. The second-order valence-corrected chi connectivity index (χ2v) is 8.05. The third-order valence-corrected chi connectivity index (χ3v) is 5.91. The number of halogens is 1. The van der Waals surface area contributed by atoms with Crippen LogP contribution < -0.4 is 5.56 Å². The van der Waals surface area contributed by atoms with E-state index in [0.717, 1.165) is 11.1 Å². The Hall–Kier alpha value is -2.96. The molecule has 146 valence electrons. The van der Waals surface area contributed by atoms with Gasteiger partial charge in [0.2, 0.25) is 0 Å². The molecular weight excluding hydrogens is 408 g/mol. The minimum absolute atomic E-state index is 0.178. The summed E-state index contributed by atoms with van der Waals surface area (Å²) in [6, 6.07) is 16.8. The van der Waals surface area contributed by atoms with Crippen LogP contribution in [0.3, 0.4) is 0 Å². The number of aromatic amines is 1. The molecule has 5 nitrogen and oxygen atoms in total. The van der Waals surface area contributed by atoms with E-state index in [4.69, 9.17) is 16.3 Å². The van der Waals surface area contributed by atoms with Crippen LogP contribution in [-0.4, -0.2) is 15.9 Å². The molecule has 2 heterocycles. The van der Waals surface area contributed by atoms with E-state index in [1.165, 1.54) is 11.3 Å². The molecule has 0 aliphatic rings. The molecule has 0 atom stereocenters. The van der Waals surface area contributed by atoms with E-state index >= 15 is 0 Å². The molecule has 4 aromatic rings. The summed E-state index contributed by atoms with van der Waals surface area (Å²) in [6.45, 7) is 1.92. The zero-order valence-electron chi connectivity index (χ0n) is 15.6. The second kappa shape index (κ2) is 8.19. The molecule has 0 radical (unpaired) electrons. The third-order valence-electron chi connectivity index (χ3n) is 4.51. The van der Waals surface area contributed by atoms with Gasteiger partial charge in [-0.25, -0.2) is 9.78 Å². The van der Waals surface area contributed by atoms with Gasteiger partial charge in [0.05, 0.1) is 5.39 Å². The van der Waals surface area contributed by atoms with Gasteiger partial charge in [-0.1, -0.05) is 54.1 Å². The summed E-state index contributed by atoms with van der Waals surface area (Å²) < 4.78 is 5.42. The number of aromatic nitrogens is 2. The number of aryl methyl sites for hydroxylation is 1. The number of rotatable bonds is 5. The maximum absolute atomic E-state index is 12.6. The van der Waals surface area contributed by atoms with Crippen molar-refractivity contribution in [1.29, 1.82) is 0 Å². The predicted octanol–water partition coefficient (Wildman–Crippen LogP) is 4.89. The van der Waals surface area contributed by atoms with Gasteiger partial charge in [-0.15, -0.1) is 11.3 Å². The van der Waals surface area contributed by atoms with Gasteiger partial charge < -0.3 is 9.72 Å². The fourth-order valence-corrected chi connectivity index (χ4v) is 4.40. The summed E-state index contributed by atoms with van der Waals surface area (Å²) in [7, 11) is 0. The number of carbonyl (C=O) groups excluding carboxylic acids is 1. The number of hydrogen-bond donors (Lipinski definition) is 1. The molecule has 0 bridgehead atoms. The van der Waals surface area contributed by atoms with Crippen LogP contribution in [0.5, 0.6) is 0 Å². The molecule has 0 saturated heterocycles. The standard InChI is InChI=1S/C22H17ClN2O3S/c1-13-18-20(26)24-17(11-15-8-5-9-16(23)10-15)25-21(18)29-19(13)22(27)28-12-14-6-3-2-4-7-14/h2-10H,11-12H2,1H3,(H,24,25,26). The third kappa shape index (κ3) is 4.23. The highest BCUT2D eigenvalue weighted by Gasteiger charge is 2.20. The normalized spacial score (nSPS) is 11.0. The second-order valence-electron chi connectivity index (χ2n) is 6.62. The van der Waals surface area contributed by atoms with E-state index < -0.39 is 5.97 Å². The lowest BCUT2D eigenvalue weighted by Crippen LogP contribution is -2.12. The maximum atomic E-state index is 12.6. The van der Waals surface area contributed by atoms with Crippen LogP contribution >= 0.6 is 22.9 Å². The van der Waals surface area contributed by atoms with Gasteiger partial charge in [-0.2, -0.15) is 0 Å². The van der Waals surface area contributed by atoms with Gasteiger partial charge in [-0.3, -0.25) is 4.79 Å². The molecule has 0 fully saturated rings. The van der Waals surface area contributed by atoms with E-state index in [-0.39, 0.29) is 12.2 Å². The van der Waals surface area contributed by atoms with Crippen molar-refractivity contribution >= 4 is 39.1 Å². The lowest BCUT2D eigenvalue weighted by atomic mass is 10.1. The number of hydrogen-bond acceptors (Lipinski definition) is 5. The lowest BCUT2D eigenvalue weighted by Gasteiger charge is -2.03. The number of fused-ring (bicyclic) bond motifs is 1. The summed E-state index contributed by atoms with van der Waals surface area (Å²) in [4.78, 5) is 33.5. The van der Waals surface area contributed by atoms with E-state index in [9.17, 15) is 9.59 Å². The van der Waals surface area contributed by atoms with Crippen LogP contribution in [0.1, 0.15) is 32.2 Å². The van der Waals surface area contributed by atoms with E-state index in [0.29, 0.717) is 37.9 Å². The summed E-state index contributed by atoms with van der Waals surface area (Å²) >= 11 is 7.21. The monoisotopic (exact) mass is 424 g/mol. The molecule has 0 spiro atoms.